The van der Waals surface area contributed by atoms with Crippen LogP contribution in [-0.4, -0.2) is 17.0 Å². The Morgan fingerprint density at radius 3 is 2.65 bits per heavy atom. The number of hydrogen-bond acceptors (Lipinski definition) is 2. The van der Waals surface area contributed by atoms with Crippen LogP contribution in [0.25, 0.3) is 0 Å². The van der Waals surface area contributed by atoms with Gasteiger partial charge in [-0.15, -0.1) is 0 Å². The van der Waals surface area contributed by atoms with Crippen LogP contribution in [0.5, 0.6) is 5.75 Å². The molecule has 1 aromatic carbocycles. The molecule has 0 unspecified atom stereocenters. The molecule has 106 valence electrons. The summed E-state index contributed by atoms with van der Waals surface area (Å²) in [5.41, 5.74) is 2.25. The number of aromatic amines is 1. The molecule has 1 amide bonds. The molecule has 0 fully saturated rings. The van der Waals surface area contributed by atoms with Gasteiger partial charge < -0.3 is 15.0 Å². The van der Waals surface area contributed by atoms with Crippen LogP contribution in [0, 0.1) is 6.92 Å². The molecule has 2 rings (SSSR count). The third-order valence-electron chi connectivity index (χ3n) is 2.71. The number of carbonyl (C=O) groups is 1. The van der Waals surface area contributed by atoms with Crippen molar-refractivity contribution >= 4 is 27.5 Å². The summed E-state index contributed by atoms with van der Waals surface area (Å²) in [6, 6.07) is 7.36. The lowest BCUT2D eigenvalue weighted by molar-refractivity contribution is 0.102. The van der Waals surface area contributed by atoms with E-state index >= 15 is 0 Å². The van der Waals surface area contributed by atoms with Gasteiger partial charge in [-0.2, -0.15) is 0 Å². The van der Waals surface area contributed by atoms with E-state index in [1.54, 1.807) is 12.3 Å². The highest BCUT2D eigenvalue weighted by Crippen LogP contribution is 2.23. The van der Waals surface area contributed by atoms with E-state index in [1.807, 2.05) is 39.0 Å². The summed E-state index contributed by atoms with van der Waals surface area (Å²) >= 11 is 3.30. The second-order valence-electron chi connectivity index (χ2n) is 4.83. The summed E-state index contributed by atoms with van der Waals surface area (Å²) in [4.78, 5) is 14.9. The van der Waals surface area contributed by atoms with Crippen LogP contribution < -0.4 is 10.1 Å². The molecule has 1 heterocycles. The number of H-pyrrole nitrogens is 1. The number of carbonyl (C=O) groups excluding carboxylic acids is 1. The van der Waals surface area contributed by atoms with Crippen molar-refractivity contribution in [3.63, 3.8) is 0 Å². The third kappa shape index (κ3) is 3.63. The number of benzene rings is 1. The maximum absolute atomic E-state index is 12.0. The highest BCUT2D eigenvalue weighted by Gasteiger charge is 2.10. The Morgan fingerprint density at radius 2 is 2.10 bits per heavy atom. The second kappa shape index (κ2) is 6.13. The molecule has 0 aliphatic heterocycles. The van der Waals surface area contributed by atoms with E-state index in [-0.39, 0.29) is 12.0 Å². The van der Waals surface area contributed by atoms with Crippen LogP contribution in [0.2, 0.25) is 0 Å². The van der Waals surface area contributed by atoms with Crippen molar-refractivity contribution in [3.05, 3.63) is 46.2 Å². The Balaban J connectivity index is 2.11. The molecule has 5 heteroatoms. The molecule has 0 saturated carbocycles. The zero-order valence-corrected chi connectivity index (χ0v) is 13.2. The summed E-state index contributed by atoms with van der Waals surface area (Å²) in [6.45, 7) is 5.90. The van der Waals surface area contributed by atoms with Crippen molar-refractivity contribution in [1.29, 1.82) is 0 Å². The van der Waals surface area contributed by atoms with Gasteiger partial charge >= 0.3 is 0 Å². The topological polar surface area (TPSA) is 54.1 Å². The Hall–Kier alpha value is -1.75. The Labute approximate surface area is 126 Å². The second-order valence-corrected chi connectivity index (χ2v) is 5.74. The van der Waals surface area contributed by atoms with E-state index in [2.05, 4.69) is 26.2 Å². The molecule has 20 heavy (non-hydrogen) atoms. The van der Waals surface area contributed by atoms with Crippen molar-refractivity contribution in [1.82, 2.24) is 4.98 Å². The minimum absolute atomic E-state index is 0.131. The van der Waals surface area contributed by atoms with E-state index in [1.165, 1.54) is 0 Å². The highest BCUT2D eigenvalue weighted by molar-refractivity contribution is 9.10. The maximum atomic E-state index is 12.0. The van der Waals surface area contributed by atoms with Crippen molar-refractivity contribution < 1.29 is 9.53 Å². The zero-order chi connectivity index (χ0) is 14.7. The first-order chi connectivity index (χ1) is 9.45. The fourth-order valence-corrected chi connectivity index (χ4v) is 2.15. The molecular weight excluding hydrogens is 320 g/mol. The van der Waals surface area contributed by atoms with Gasteiger partial charge in [-0.25, -0.2) is 0 Å². The van der Waals surface area contributed by atoms with Crippen LogP contribution in [0.3, 0.4) is 0 Å². The fraction of sp³-hybridized carbons (Fsp3) is 0.267. The highest BCUT2D eigenvalue weighted by atomic mass is 79.9. The van der Waals surface area contributed by atoms with Crippen LogP contribution in [0.1, 0.15) is 29.9 Å². The number of halogens is 1. The van der Waals surface area contributed by atoms with E-state index in [0.717, 1.165) is 21.5 Å². The Bertz CT molecular complexity index is 620. The predicted octanol–water partition coefficient (Wildman–Crippen LogP) is 4.13. The number of nitrogens with one attached hydrogen (secondary N) is 2. The summed E-state index contributed by atoms with van der Waals surface area (Å²) in [7, 11) is 0. The molecule has 0 aliphatic carbocycles. The lowest BCUT2D eigenvalue weighted by Gasteiger charge is -2.13. The Kier molecular flexibility index (Phi) is 4.49. The predicted molar refractivity (Wildman–Crippen MR) is 83.4 cm³/mol. The standard InChI is InChI=1S/C15H17BrN2O2/c1-9(2)20-12-4-5-13(10(3)6-12)18-15(19)14-7-11(16)8-17-14/h4-9,17H,1-3H3,(H,18,19). The van der Waals surface area contributed by atoms with Gasteiger partial charge in [0, 0.05) is 16.4 Å². The molecule has 0 atom stereocenters. The number of aromatic nitrogens is 1. The van der Waals surface area contributed by atoms with E-state index in [4.69, 9.17) is 4.74 Å². The number of hydrogen-bond donors (Lipinski definition) is 2. The molecule has 0 saturated heterocycles. The summed E-state index contributed by atoms with van der Waals surface area (Å²) in [5, 5.41) is 2.87. The first-order valence-corrected chi connectivity index (χ1v) is 7.17. The van der Waals surface area contributed by atoms with Crippen molar-refractivity contribution in [2.45, 2.75) is 26.9 Å². The number of aryl methyl sites for hydroxylation is 1. The van der Waals surface area contributed by atoms with Gasteiger partial charge in [0.15, 0.2) is 0 Å². The number of amides is 1. The van der Waals surface area contributed by atoms with Gasteiger partial charge in [0.05, 0.1) is 6.10 Å². The normalized spacial score (nSPS) is 10.7. The number of anilines is 1. The maximum Gasteiger partial charge on any atom is 0.272 e. The van der Waals surface area contributed by atoms with Gasteiger partial charge in [-0.1, -0.05) is 0 Å². The van der Waals surface area contributed by atoms with Crippen LogP contribution in [0.4, 0.5) is 5.69 Å². The lowest BCUT2D eigenvalue weighted by atomic mass is 10.2. The minimum Gasteiger partial charge on any atom is -0.491 e. The number of rotatable bonds is 4. The molecule has 0 aliphatic rings. The lowest BCUT2D eigenvalue weighted by Crippen LogP contribution is -2.13. The minimum atomic E-state index is -0.170. The van der Waals surface area contributed by atoms with Gasteiger partial charge in [0.25, 0.3) is 5.91 Å². The summed E-state index contributed by atoms with van der Waals surface area (Å²) < 4.78 is 6.47. The smallest absolute Gasteiger partial charge is 0.272 e. The first kappa shape index (κ1) is 14.7. The number of ether oxygens (including phenoxy) is 1. The molecule has 2 aromatic rings. The van der Waals surface area contributed by atoms with Crippen LogP contribution >= 0.6 is 15.9 Å². The quantitative estimate of drug-likeness (QED) is 0.882. The van der Waals surface area contributed by atoms with Gasteiger partial charge in [0.2, 0.25) is 0 Å². The largest absolute Gasteiger partial charge is 0.491 e. The average Bonchev–Trinajstić information content (AvgIpc) is 2.78. The average molecular weight is 337 g/mol. The zero-order valence-electron chi connectivity index (χ0n) is 11.7. The van der Waals surface area contributed by atoms with Crippen LogP contribution in [-0.2, 0) is 0 Å². The fourth-order valence-electron chi connectivity index (χ4n) is 1.81. The van der Waals surface area contributed by atoms with Crippen molar-refractivity contribution in [2.75, 3.05) is 5.32 Å². The SMILES string of the molecule is Cc1cc(OC(C)C)ccc1NC(=O)c1cc(Br)c[nH]1. The van der Waals surface area contributed by atoms with Crippen LogP contribution in [0.15, 0.2) is 34.9 Å². The van der Waals surface area contributed by atoms with Gasteiger partial charge in [-0.05, 0) is 66.5 Å². The molecule has 0 radical (unpaired) electrons. The van der Waals surface area contributed by atoms with E-state index < -0.39 is 0 Å². The molecule has 0 spiro atoms. The Morgan fingerprint density at radius 1 is 1.35 bits per heavy atom. The van der Waals surface area contributed by atoms with Crippen molar-refractivity contribution in [3.8, 4) is 5.75 Å². The monoisotopic (exact) mass is 336 g/mol. The third-order valence-corrected chi connectivity index (χ3v) is 3.17. The van der Waals surface area contributed by atoms with Gasteiger partial charge in [-0.3, -0.25) is 4.79 Å². The molecule has 1 aromatic heterocycles. The van der Waals surface area contributed by atoms with E-state index in [0.29, 0.717) is 5.69 Å². The van der Waals surface area contributed by atoms with Crippen molar-refractivity contribution in [2.24, 2.45) is 0 Å². The summed E-state index contributed by atoms with van der Waals surface area (Å²) in [6.07, 6.45) is 1.85. The molecule has 4 nitrogen and oxygen atoms in total. The molecular formula is C15H17BrN2O2. The summed E-state index contributed by atoms with van der Waals surface area (Å²) in [5.74, 6) is 0.634. The van der Waals surface area contributed by atoms with Gasteiger partial charge in [0.1, 0.15) is 11.4 Å². The van der Waals surface area contributed by atoms with E-state index in [9.17, 15) is 4.79 Å². The first-order valence-electron chi connectivity index (χ1n) is 6.38. The molecule has 2 N–H and O–H groups in total. The molecule has 0 bridgehead atoms.